The second-order valence-electron chi connectivity index (χ2n) is 13.3. The average Bonchev–Trinajstić information content (AvgIpc) is 3.81. The number of pyridine rings is 1. The van der Waals surface area contributed by atoms with Crippen LogP contribution in [0.15, 0.2) is 83.2 Å². The lowest BCUT2D eigenvalue weighted by Gasteiger charge is -2.37. The zero-order valence-electron chi connectivity index (χ0n) is 28.4. The minimum atomic E-state index is -2.84. The Balaban J connectivity index is 1.17. The van der Waals surface area contributed by atoms with E-state index >= 15 is 0 Å². The summed E-state index contributed by atoms with van der Waals surface area (Å²) in [6, 6.07) is 18.1. The number of thiophene rings is 1. The number of fused-ring (bicyclic) bond motifs is 1. The fourth-order valence-electron chi connectivity index (χ4n) is 6.88. The number of hydrogen-bond acceptors (Lipinski definition) is 7. The van der Waals surface area contributed by atoms with Crippen molar-refractivity contribution in [1.29, 1.82) is 0 Å². The molecule has 0 radical (unpaired) electrons. The van der Waals surface area contributed by atoms with E-state index in [0.29, 0.717) is 37.2 Å². The van der Waals surface area contributed by atoms with Crippen LogP contribution in [0.1, 0.15) is 73.3 Å². The van der Waals surface area contributed by atoms with Crippen molar-refractivity contribution < 1.29 is 27.8 Å². The number of rotatable bonds is 11. The van der Waals surface area contributed by atoms with Gasteiger partial charge in [-0.25, -0.2) is 18.3 Å². The molecule has 51 heavy (non-hydrogen) atoms. The summed E-state index contributed by atoms with van der Waals surface area (Å²) >= 11 is 1.48. The molecule has 0 bridgehead atoms. The Morgan fingerprint density at radius 1 is 1.16 bits per heavy atom. The van der Waals surface area contributed by atoms with Gasteiger partial charge in [0.05, 0.1) is 23.3 Å². The number of alkyl halides is 2. The van der Waals surface area contributed by atoms with E-state index in [4.69, 9.17) is 9.47 Å². The number of nitrogens with zero attached hydrogens (tertiary/aromatic N) is 5. The summed E-state index contributed by atoms with van der Waals surface area (Å²) in [5.74, 6) is -2.84. The van der Waals surface area contributed by atoms with E-state index in [2.05, 4.69) is 5.10 Å². The van der Waals surface area contributed by atoms with Gasteiger partial charge in [0.25, 0.3) is 11.5 Å². The average molecular weight is 716 g/mol. The second kappa shape index (κ2) is 14.4. The molecular weight excluding hydrogens is 677 g/mol. The Hall–Kier alpha value is -4.88. The quantitative estimate of drug-likeness (QED) is 0.128. The van der Waals surface area contributed by atoms with Crippen molar-refractivity contribution in [3.63, 3.8) is 0 Å². The van der Waals surface area contributed by atoms with Crippen LogP contribution in [-0.2, 0) is 27.4 Å². The van der Waals surface area contributed by atoms with E-state index < -0.39 is 48.7 Å². The number of carbonyl (C=O) groups excluding carboxylic acids is 2. The Morgan fingerprint density at radius 2 is 1.92 bits per heavy atom. The van der Waals surface area contributed by atoms with Crippen LogP contribution in [-0.4, -0.2) is 51.3 Å². The molecule has 0 N–H and O–H groups in total. The summed E-state index contributed by atoms with van der Waals surface area (Å²) in [5, 5.41) is 6.79. The summed E-state index contributed by atoms with van der Waals surface area (Å²) < 4.78 is 42.5. The van der Waals surface area contributed by atoms with Gasteiger partial charge < -0.3 is 23.8 Å². The van der Waals surface area contributed by atoms with Crippen molar-refractivity contribution in [3.05, 3.63) is 105 Å². The smallest absolute Gasteiger partial charge is 0.410 e. The van der Waals surface area contributed by atoms with Crippen LogP contribution in [0.2, 0.25) is 0 Å². The molecule has 266 valence electrons. The van der Waals surface area contributed by atoms with E-state index in [-0.39, 0.29) is 12.0 Å². The molecule has 13 heteroatoms. The van der Waals surface area contributed by atoms with Gasteiger partial charge in [0.1, 0.15) is 12.1 Å². The fraction of sp³-hybridized carbons (Fsp3) is 0.368. The topological polar surface area (TPSA) is 98.9 Å². The number of benzene rings is 2. The molecule has 1 aliphatic carbocycles. The van der Waals surface area contributed by atoms with Crippen molar-refractivity contribution >= 4 is 40.4 Å². The van der Waals surface area contributed by atoms with Gasteiger partial charge in [-0.1, -0.05) is 54.6 Å². The maximum Gasteiger partial charge on any atom is 0.410 e. The molecule has 2 atom stereocenters. The number of carbonyl (C=O) groups is 2. The first-order chi connectivity index (χ1) is 24.6. The number of halogens is 2. The lowest BCUT2D eigenvalue weighted by atomic mass is 9.88. The molecular formula is C38H39F2N5O5S. The molecule has 2 aromatic carbocycles. The minimum absolute atomic E-state index is 0.177. The lowest BCUT2D eigenvalue weighted by Crippen LogP contribution is -2.41. The highest BCUT2D eigenvalue weighted by atomic mass is 32.1. The molecule has 1 aliphatic heterocycles. The summed E-state index contributed by atoms with van der Waals surface area (Å²) in [5.41, 5.74) is 4.10. The third-order valence-electron chi connectivity index (χ3n) is 9.75. The van der Waals surface area contributed by atoms with Crippen molar-refractivity contribution in [2.75, 3.05) is 18.6 Å². The second-order valence-corrected chi connectivity index (χ2v) is 14.2. The molecule has 2 aliphatic rings. The van der Waals surface area contributed by atoms with Gasteiger partial charge in [-0.05, 0) is 59.9 Å². The molecule has 10 nitrogen and oxygen atoms in total. The third kappa shape index (κ3) is 7.05. The normalized spacial score (nSPS) is 17.8. The molecule has 3 aromatic heterocycles. The number of anilines is 1. The number of hydrogen-bond donors (Lipinski definition) is 0. The molecule has 5 aromatic rings. The molecule has 7 rings (SSSR count). The van der Waals surface area contributed by atoms with E-state index in [9.17, 15) is 23.2 Å². The Kier molecular flexibility index (Phi) is 9.75. The molecule has 1 saturated heterocycles. The van der Waals surface area contributed by atoms with Gasteiger partial charge in [0.15, 0.2) is 6.23 Å². The molecule has 4 heterocycles. The molecule has 2 fully saturated rings. The number of aromatic nitrogens is 3. The Morgan fingerprint density at radius 3 is 2.65 bits per heavy atom. The Bertz CT molecular complexity index is 2080. The summed E-state index contributed by atoms with van der Waals surface area (Å²) in [4.78, 5) is 43.4. The summed E-state index contributed by atoms with van der Waals surface area (Å²) in [7, 11) is 1.70. The molecule has 0 spiro atoms. The number of ether oxygens (including phenoxy) is 2. The van der Waals surface area contributed by atoms with Crippen LogP contribution in [0, 0.1) is 0 Å². The Labute approximate surface area is 297 Å². The third-order valence-corrected chi connectivity index (χ3v) is 10.9. The maximum atomic E-state index is 14.0. The van der Waals surface area contributed by atoms with Crippen LogP contribution in [0.25, 0.3) is 22.0 Å². The van der Waals surface area contributed by atoms with E-state index in [1.165, 1.54) is 38.1 Å². The molecule has 1 unspecified atom stereocenters. The van der Waals surface area contributed by atoms with Gasteiger partial charge in [-0.3, -0.25) is 9.59 Å². The van der Waals surface area contributed by atoms with E-state index in [0.717, 1.165) is 40.0 Å². The standard InChI is InChI=1S/C38H39F2N5O5S/c1-25(33-16-28(23-51-33)30-13-7-6-12-27(30)20-42(2)37(48)50-22-26-10-4-3-5-11-26)44(24-46)32-21-43(29-17-38(39,40)18-29)36(47)31-19-41-45(35(31)32)34-14-8-9-15-49-34/h3-7,10-13,16,19,21,23-25,29,34H,8-9,14-15,17-18,20,22H2,1-2H3/t25-,34?/m1/s1. The zero-order valence-corrected chi connectivity index (χ0v) is 29.2. The van der Waals surface area contributed by atoms with E-state index in [1.807, 2.05) is 73.0 Å². The maximum absolute atomic E-state index is 14.0. The largest absolute Gasteiger partial charge is 0.445 e. The predicted molar refractivity (Wildman–Crippen MR) is 191 cm³/mol. The first-order valence-corrected chi connectivity index (χ1v) is 18.0. The first-order valence-electron chi connectivity index (χ1n) is 17.1. The summed E-state index contributed by atoms with van der Waals surface area (Å²) in [6.07, 6.45) is 4.50. The fourth-order valence-corrected chi connectivity index (χ4v) is 7.85. The zero-order chi connectivity index (χ0) is 35.7. The van der Waals surface area contributed by atoms with Crippen molar-refractivity contribution in [3.8, 4) is 11.1 Å². The highest BCUT2D eigenvalue weighted by Gasteiger charge is 2.47. The SMILES string of the molecule is C[C@H](c1cc(-c2ccccc2CN(C)C(=O)OCc2ccccc2)cs1)N(C=O)c1cn(C2CC(F)(F)C2)c(=O)c2cnn(C3CCCCO3)c12. The van der Waals surface area contributed by atoms with E-state index in [1.54, 1.807) is 11.7 Å². The highest BCUT2D eigenvalue weighted by Crippen LogP contribution is 2.46. The van der Waals surface area contributed by atoms with Gasteiger partial charge in [0, 0.05) is 50.2 Å². The van der Waals surface area contributed by atoms with Gasteiger partial charge in [-0.2, -0.15) is 5.10 Å². The van der Waals surface area contributed by atoms with Crippen LogP contribution >= 0.6 is 11.3 Å². The van der Waals surface area contributed by atoms with Crippen molar-refractivity contribution in [2.45, 2.75) is 76.4 Å². The lowest BCUT2D eigenvalue weighted by molar-refractivity contribution is -0.108. The molecule has 1 saturated carbocycles. The summed E-state index contributed by atoms with van der Waals surface area (Å²) in [6.45, 7) is 2.94. The van der Waals surface area contributed by atoms with Gasteiger partial charge >= 0.3 is 6.09 Å². The van der Waals surface area contributed by atoms with Crippen molar-refractivity contribution in [2.24, 2.45) is 0 Å². The highest BCUT2D eigenvalue weighted by molar-refractivity contribution is 7.10. The van der Waals surface area contributed by atoms with Crippen LogP contribution in [0.5, 0.6) is 0 Å². The monoisotopic (exact) mass is 715 g/mol. The van der Waals surface area contributed by atoms with Crippen LogP contribution in [0.4, 0.5) is 19.3 Å². The minimum Gasteiger partial charge on any atom is -0.445 e. The van der Waals surface area contributed by atoms with Gasteiger partial charge in [-0.15, -0.1) is 11.3 Å². The van der Waals surface area contributed by atoms with Crippen LogP contribution < -0.4 is 10.5 Å². The van der Waals surface area contributed by atoms with Crippen LogP contribution in [0.3, 0.4) is 0 Å². The predicted octanol–water partition coefficient (Wildman–Crippen LogP) is 8.09. The van der Waals surface area contributed by atoms with Gasteiger partial charge in [0.2, 0.25) is 6.41 Å². The van der Waals surface area contributed by atoms with Crippen molar-refractivity contribution in [1.82, 2.24) is 19.2 Å². The first kappa shape index (κ1) is 34.6. The number of amides is 2. The molecule has 2 amide bonds.